The molecule has 0 atom stereocenters. The summed E-state index contributed by atoms with van der Waals surface area (Å²) in [5.41, 5.74) is 7.13. The number of anilines is 2. The Labute approximate surface area is 147 Å². The lowest BCUT2D eigenvalue weighted by Gasteiger charge is -2.31. The van der Waals surface area contributed by atoms with Gasteiger partial charge in [-0.25, -0.2) is 0 Å². The van der Waals surface area contributed by atoms with Crippen LogP contribution in [0.5, 0.6) is 0 Å². The van der Waals surface area contributed by atoms with Gasteiger partial charge in [0, 0.05) is 23.8 Å². The Balaban J connectivity index is 1.58. The largest absolute Gasteiger partial charge is 0.393 e. The van der Waals surface area contributed by atoms with Gasteiger partial charge in [0.2, 0.25) is 0 Å². The second-order valence-electron chi connectivity index (χ2n) is 6.14. The average molecular weight is 344 g/mol. The van der Waals surface area contributed by atoms with Gasteiger partial charge >= 0.3 is 0 Å². The maximum atomic E-state index is 9.58. The highest BCUT2D eigenvalue weighted by atomic mass is 35.5. The zero-order chi connectivity index (χ0) is 16.9. The molecule has 0 radical (unpaired) electrons. The standard InChI is InChI=1S/C19H22ClN3O/c1-14-2-5-16(12-19(14)20)22-21-13-15-3-6-17(7-4-15)23-10-8-18(24)9-11-23/h2-7,12-13,18,22,24H,8-11H2,1H3. The molecule has 0 aromatic heterocycles. The van der Waals surface area contributed by atoms with Crippen molar-refractivity contribution in [3.05, 3.63) is 58.6 Å². The first kappa shape index (κ1) is 16.8. The van der Waals surface area contributed by atoms with Crippen molar-refractivity contribution in [2.75, 3.05) is 23.4 Å². The molecule has 3 rings (SSSR count). The molecule has 1 fully saturated rings. The summed E-state index contributed by atoms with van der Waals surface area (Å²) in [5, 5.41) is 14.6. The highest BCUT2D eigenvalue weighted by molar-refractivity contribution is 6.31. The Bertz CT molecular complexity index is 707. The number of hydrogen-bond acceptors (Lipinski definition) is 4. The van der Waals surface area contributed by atoms with Gasteiger partial charge in [0.1, 0.15) is 0 Å². The number of aliphatic hydroxyl groups is 1. The topological polar surface area (TPSA) is 47.9 Å². The smallest absolute Gasteiger partial charge is 0.0576 e. The van der Waals surface area contributed by atoms with Crippen molar-refractivity contribution in [1.82, 2.24) is 0 Å². The lowest BCUT2D eigenvalue weighted by molar-refractivity contribution is 0.145. The van der Waals surface area contributed by atoms with Crippen LogP contribution in [0.4, 0.5) is 11.4 Å². The quantitative estimate of drug-likeness (QED) is 0.650. The number of halogens is 1. The van der Waals surface area contributed by atoms with E-state index in [1.165, 1.54) is 5.69 Å². The van der Waals surface area contributed by atoms with E-state index in [2.05, 4.69) is 27.6 Å². The van der Waals surface area contributed by atoms with Crippen molar-refractivity contribution in [3.8, 4) is 0 Å². The third-order valence-electron chi connectivity index (χ3n) is 4.30. The highest BCUT2D eigenvalue weighted by Crippen LogP contribution is 2.21. The van der Waals surface area contributed by atoms with Crippen molar-refractivity contribution in [2.45, 2.75) is 25.9 Å². The number of aliphatic hydroxyl groups excluding tert-OH is 1. The molecule has 2 aromatic rings. The summed E-state index contributed by atoms with van der Waals surface area (Å²) in [7, 11) is 0. The van der Waals surface area contributed by atoms with Gasteiger partial charge in [0.25, 0.3) is 0 Å². The number of hydrogen-bond donors (Lipinski definition) is 2. The van der Waals surface area contributed by atoms with E-state index in [1.807, 2.05) is 37.3 Å². The van der Waals surface area contributed by atoms with Crippen molar-refractivity contribution in [1.29, 1.82) is 0 Å². The van der Waals surface area contributed by atoms with Crippen LogP contribution in [0.1, 0.15) is 24.0 Å². The maximum Gasteiger partial charge on any atom is 0.0576 e. The Morgan fingerprint density at radius 2 is 1.88 bits per heavy atom. The predicted molar refractivity (Wildman–Crippen MR) is 101 cm³/mol. The second-order valence-corrected chi connectivity index (χ2v) is 6.55. The van der Waals surface area contributed by atoms with Crippen molar-refractivity contribution >= 4 is 29.2 Å². The normalized spacial score (nSPS) is 15.9. The molecule has 1 heterocycles. The molecule has 126 valence electrons. The third-order valence-corrected chi connectivity index (χ3v) is 4.71. The molecule has 5 heteroatoms. The van der Waals surface area contributed by atoms with Gasteiger partial charge in [-0.3, -0.25) is 5.43 Å². The van der Waals surface area contributed by atoms with Gasteiger partial charge in [-0.15, -0.1) is 0 Å². The molecule has 0 aliphatic carbocycles. The van der Waals surface area contributed by atoms with Crippen molar-refractivity contribution in [3.63, 3.8) is 0 Å². The molecule has 4 nitrogen and oxygen atoms in total. The Morgan fingerprint density at radius 3 is 2.54 bits per heavy atom. The molecule has 0 saturated carbocycles. The molecule has 1 aliphatic heterocycles. The van der Waals surface area contributed by atoms with E-state index in [0.717, 1.165) is 47.8 Å². The lowest BCUT2D eigenvalue weighted by Crippen LogP contribution is -2.35. The average Bonchev–Trinajstić information content (AvgIpc) is 2.59. The van der Waals surface area contributed by atoms with Gasteiger partial charge in [0.05, 0.1) is 18.0 Å². The van der Waals surface area contributed by atoms with E-state index in [-0.39, 0.29) is 6.10 Å². The van der Waals surface area contributed by atoms with E-state index >= 15 is 0 Å². The first-order valence-corrected chi connectivity index (χ1v) is 8.58. The fraction of sp³-hybridized carbons (Fsp3) is 0.316. The fourth-order valence-corrected chi connectivity index (χ4v) is 2.92. The van der Waals surface area contributed by atoms with Gasteiger partial charge < -0.3 is 10.0 Å². The van der Waals surface area contributed by atoms with Crippen LogP contribution in [0.3, 0.4) is 0 Å². The third kappa shape index (κ3) is 4.28. The maximum absolute atomic E-state index is 9.58. The summed E-state index contributed by atoms with van der Waals surface area (Å²) in [6.45, 7) is 3.79. The summed E-state index contributed by atoms with van der Waals surface area (Å²) in [6, 6.07) is 14.1. The summed E-state index contributed by atoms with van der Waals surface area (Å²) >= 11 is 6.10. The molecule has 0 amide bonds. The van der Waals surface area contributed by atoms with Gasteiger partial charge in [-0.2, -0.15) is 5.10 Å². The summed E-state index contributed by atoms with van der Waals surface area (Å²) in [6.07, 6.45) is 3.32. The molecular formula is C19H22ClN3O. The molecule has 1 aliphatic rings. The van der Waals surface area contributed by atoms with Crippen molar-refractivity contribution in [2.24, 2.45) is 5.10 Å². The van der Waals surface area contributed by atoms with E-state index in [0.29, 0.717) is 0 Å². The fourth-order valence-electron chi connectivity index (χ4n) is 2.74. The zero-order valence-electron chi connectivity index (χ0n) is 13.7. The molecular weight excluding hydrogens is 322 g/mol. The number of benzene rings is 2. The van der Waals surface area contributed by atoms with Crippen LogP contribution in [0, 0.1) is 6.92 Å². The van der Waals surface area contributed by atoms with E-state index in [9.17, 15) is 5.11 Å². The molecule has 1 saturated heterocycles. The second kappa shape index (κ2) is 7.69. The minimum atomic E-state index is -0.144. The SMILES string of the molecule is Cc1ccc(NN=Cc2ccc(N3CCC(O)CC3)cc2)cc1Cl. The predicted octanol–water partition coefficient (Wildman–Crippen LogP) is 4.06. The van der Waals surface area contributed by atoms with Crippen LogP contribution in [0.25, 0.3) is 0 Å². The van der Waals surface area contributed by atoms with Crippen molar-refractivity contribution < 1.29 is 5.11 Å². The Hall–Kier alpha value is -2.04. The summed E-state index contributed by atoms with van der Waals surface area (Å²) < 4.78 is 0. The molecule has 0 spiro atoms. The van der Waals surface area contributed by atoms with Crippen LogP contribution < -0.4 is 10.3 Å². The number of piperidine rings is 1. The van der Waals surface area contributed by atoms with Gasteiger partial charge in [-0.05, 0) is 55.2 Å². The lowest BCUT2D eigenvalue weighted by atomic mass is 10.1. The monoisotopic (exact) mass is 343 g/mol. The number of aryl methyl sites for hydroxylation is 1. The molecule has 0 unspecified atom stereocenters. The molecule has 2 N–H and O–H groups in total. The Morgan fingerprint density at radius 1 is 1.17 bits per heavy atom. The van der Waals surface area contributed by atoms with E-state index in [1.54, 1.807) is 6.21 Å². The number of rotatable bonds is 4. The molecule has 0 bridgehead atoms. The number of nitrogens with zero attached hydrogens (tertiary/aromatic N) is 2. The first-order chi connectivity index (χ1) is 11.6. The van der Waals surface area contributed by atoms with Gasteiger partial charge in [-0.1, -0.05) is 29.8 Å². The zero-order valence-corrected chi connectivity index (χ0v) is 14.5. The minimum absolute atomic E-state index is 0.144. The molecule has 2 aromatic carbocycles. The Kier molecular flexibility index (Phi) is 5.38. The van der Waals surface area contributed by atoms with Crippen LogP contribution >= 0.6 is 11.6 Å². The summed E-state index contributed by atoms with van der Waals surface area (Å²) in [5.74, 6) is 0. The number of nitrogens with one attached hydrogen (secondary N) is 1. The van der Waals surface area contributed by atoms with Crippen LogP contribution in [-0.2, 0) is 0 Å². The number of hydrazone groups is 1. The van der Waals surface area contributed by atoms with E-state index in [4.69, 9.17) is 11.6 Å². The first-order valence-electron chi connectivity index (χ1n) is 8.20. The van der Waals surface area contributed by atoms with Crippen LogP contribution in [0.2, 0.25) is 5.02 Å². The minimum Gasteiger partial charge on any atom is -0.393 e. The highest BCUT2D eigenvalue weighted by Gasteiger charge is 2.16. The van der Waals surface area contributed by atoms with E-state index < -0.39 is 0 Å². The van der Waals surface area contributed by atoms with Crippen LogP contribution in [0.15, 0.2) is 47.6 Å². The summed E-state index contributed by atoms with van der Waals surface area (Å²) in [4.78, 5) is 2.31. The molecule has 24 heavy (non-hydrogen) atoms. The van der Waals surface area contributed by atoms with Gasteiger partial charge in [0.15, 0.2) is 0 Å². The van der Waals surface area contributed by atoms with Crippen LogP contribution in [-0.4, -0.2) is 30.5 Å².